The Labute approximate surface area is 144 Å². The Hall–Kier alpha value is -0.890. The summed E-state index contributed by atoms with van der Waals surface area (Å²) < 4.78 is 38.9. The lowest BCUT2D eigenvalue weighted by atomic mass is 10.3. The Morgan fingerprint density at radius 3 is 2.26 bits per heavy atom. The number of hydrogen-bond donors (Lipinski definition) is 0. The summed E-state index contributed by atoms with van der Waals surface area (Å²) >= 11 is 11.8. The maximum atomic E-state index is 13.7. The number of hydrogen-bond acceptors (Lipinski definition) is 3. The number of benzene rings is 1. The van der Waals surface area contributed by atoms with E-state index in [0.29, 0.717) is 6.42 Å². The number of carbonyl (C=O) groups excluding carboxylic acids is 1. The van der Waals surface area contributed by atoms with E-state index in [2.05, 4.69) is 0 Å². The van der Waals surface area contributed by atoms with Crippen molar-refractivity contribution in [2.75, 3.05) is 26.2 Å². The van der Waals surface area contributed by atoms with E-state index in [1.807, 2.05) is 0 Å². The molecule has 3 rings (SSSR count). The molecule has 0 bridgehead atoms. The number of sulfonamides is 1. The maximum Gasteiger partial charge on any atom is 0.246 e. The summed E-state index contributed by atoms with van der Waals surface area (Å²) in [7, 11) is -3.90. The van der Waals surface area contributed by atoms with Crippen molar-refractivity contribution >= 4 is 39.1 Å². The molecule has 5 nitrogen and oxygen atoms in total. The van der Waals surface area contributed by atoms with Gasteiger partial charge in [0.2, 0.25) is 15.9 Å². The Kier molecular flexibility index (Phi) is 4.33. The van der Waals surface area contributed by atoms with Crippen LogP contribution in [0, 0.1) is 11.7 Å². The molecule has 0 aromatic heterocycles. The number of alkyl halides is 2. The van der Waals surface area contributed by atoms with Crippen LogP contribution < -0.4 is 0 Å². The van der Waals surface area contributed by atoms with Crippen LogP contribution in [-0.2, 0) is 14.8 Å². The summed E-state index contributed by atoms with van der Waals surface area (Å²) in [6.45, 7) is 0.721. The highest BCUT2D eigenvalue weighted by Crippen LogP contribution is 2.53. The molecular formula is C14H15Cl2FN2O3S. The number of piperazine rings is 1. The van der Waals surface area contributed by atoms with Crippen LogP contribution in [0.1, 0.15) is 6.42 Å². The van der Waals surface area contributed by atoms with E-state index >= 15 is 0 Å². The number of nitrogens with zero attached hydrogens (tertiary/aromatic N) is 2. The third kappa shape index (κ3) is 3.20. The highest BCUT2D eigenvalue weighted by Gasteiger charge is 2.57. The number of amides is 1. The molecule has 1 aliphatic carbocycles. The molecule has 1 amide bonds. The summed E-state index contributed by atoms with van der Waals surface area (Å²) in [4.78, 5) is 13.4. The fourth-order valence-corrected chi connectivity index (χ4v) is 4.63. The van der Waals surface area contributed by atoms with Crippen LogP contribution >= 0.6 is 23.2 Å². The van der Waals surface area contributed by atoms with Gasteiger partial charge in [0, 0.05) is 26.2 Å². The Morgan fingerprint density at radius 1 is 1.17 bits per heavy atom. The van der Waals surface area contributed by atoms with Crippen molar-refractivity contribution in [3.63, 3.8) is 0 Å². The van der Waals surface area contributed by atoms with Gasteiger partial charge in [0.25, 0.3) is 0 Å². The fourth-order valence-electron chi connectivity index (χ4n) is 2.64. The second-order valence-electron chi connectivity index (χ2n) is 5.68. The van der Waals surface area contributed by atoms with Crippen molar-refractivity contribution in [1.82, 2.24) is 9.21 Å². The van der Waals surface area contributed by atoms with Crippen molar-refractivity contribution in [2.45, 2.75) is 15.6 Å². The molecule has 1 aromatic carbocycles. The van der Waals surface area contributed by atoms with E-state index in [9.17, 15) is 17.6 Å². The maximum absolute atomic E-state index is 13.7. The molecule has 0 spiro atoms. The minimum absolute atomic E-state index is 0.118. The third-order valence-electron chi connectivity index (χ3n) is 4.13. The minimum atomic E-state index is -3.90. The van der Waals surface area contributed by atoms with Gasteiger partial charge in [0.05, 0.1) is 5.92 Å². The van der Waals surface area contributed by atoms with Gasteiger partial charge < -0.3 is 4.90 Å². The van der Waals surface area contributed by atoms with Crippen LogP contribution in [0.25, 0.3) is 0 Å². The molecule has 1 saturated heterocycles. The van der Waals surface area contributed by atoms with E-state index in [4.69, 9.17) is 23.2 Å². The Bertz CT molecular complexity index is 733. The van der Waals surface area contributed by atoms with Crippen molar-refractivity contribution in [3.05, 3.63) is 30.1 Å². The van der Waals surface area contributed by atoms with Crippen LogP contribution in [0.4, 0.5) is 4.39 Å². The lowest BCUT2D eigenvalue weighted by molar-refractivity contribution is -0.133. The van der Waals surface area contributed by atoms with E-state index in [-0.39, 0.29) is 37.0 Å². The predicted octanol–water partition coefficient (Wildman–Crippen LogP) is 1.85. The summed E-state index contributed by atoms with van der Waals surface area (Å²) in [5.41, 5.74) is 0. The monoisotopic (exact) mass is 380 g/mol. The van der Waals surface area contributed by atoms with Gasteiger partial charge in [0.1, 0.15) is 15.0 Å². The van der Waals surface area contributed by atoms with Crippen molar-refractivity contribution in [1.29, 1.82) is 0 Å². The summed E-state index contributed by atoms with van der Waals surface area (Å²) in [6.07, 6.45) is 0.419. The third-order valence-corrected chi connectivity index (χ3v) is 6.90. The highest BCUT2D eigenvalue weighted by molar-refractivity contribution is 7.89. The molecule has 1 saturated carbocycles. The van der Waals surface area contributed by atoms with Crippen molar-refractivity contribution in [3.8, 4) is 0 Å². The standard InChI is InChI=1S/C14H15Cl2FN2O3S/c15-14(16)9-10(14)13(20)18-5-7-19(8-6-18)23(21,22)12-4-2-1-3-11(12)17/h1-4,10H,5-9H2/t10-/m1/s1. The smallest absolute Gasteiger partial charge is 0.246 e. The average Bonchev–Trinajstić information content (AvgIpc) is 3.15. The zero-order valence-corrected chi connectivity index (χ0v) is 14.4. The number of carbonyl (C=O) groups is 1. The van der Waals surface area contributed by atoms with Gasteiger partial charge in [0.15, 0.2) is 0 Å². The lowest BCUT2D eigenvalue weighted by Crippen LogP contribution is -2.51. The molecule has 0 unspecified atom stereocenters. The lowest BCUT2D eigenvalue weighted by Gasteiger charge is -2.34. The second-order valence-corrected chi connectivity index (χ2v) is 9.13. The van der Waals surface area contributed by atoms with Gasteiger partial charge in [-0.15, -0.1) is 23.2 Å². The van der Waals surface area contributed by atoms with Gasteiger partial charge in [-0.05, 0) is 18.6 Å². The summed E-state index contributed by atoms with van der Waals surface area (Å²) in [6, 6.07) is 5.26. The minimum Gasteiger partial charge on any atom is -0.340 e. The van der Waals surface area contributed by atoms with E-state index in [1.165, 1.54) is 22.5 Å². The molecular weight excluding hydrogens is 366 g/mol. The van der Waals surface area contributed by atoms with E-state index in [1.54, 1.807) is 4.90 Å². The SMILES string of the molecule is O=C([C@H]1CC1(Cl)Cl)N1CCN(S(=O)(=O)c2ccccc2F)CC1. The molecule has 1 aromatic rings. The summed E-state index contributed by atoms with van der Waals surface area (Å²) in [5.74, 6) is -1.35. The van der Waals surface area contributed by atoms with Crippen molar-refractivity contribution < 1.29 is 17.6 Å². The Morgan fingerprint density at radius 2 is 1.74 bits per heavy atom. The number of rotatable bonds is 3. The van der Waals surface area contributed by atoms with Gasteiger partial charge in [-0.3, -0.25) is 4.79 Å². The fraction of sp³-hybridized carbons (Fsp3) is 0.500. The van der Waals surface area contributed by atoms with Crippen LogP contribution in [0.5, 0.6) is 0 Å². The van der Waals surface area contributed by atoms with Gasteiger partial charge in [-0.25, -0.2) is 12.8 Å². The van der Waals surface area contributed by atoms with Crippen LogP contribution in [-0.4, -0.2) is 54.0 Å². The number of halogens is 3. The molecule has 1 aliphatic heterocycles. The highest BCUT2D eigenvalue weighted by atomic mass is 35.5. The first-order valence-electron chi connectivity index (χ1n) is 7.15. The van der Waals surface area contributed by atoms with Crippen LogP contribution in [0.3, 0.4) is 0 Å². The second kappa shape index (κ2) is 5.88. The molecule has 2 aliphatic rings. The molecule has 23 heavy (non-hydrogen) atoms. The molecule has 1 atom stereocenters. The normalized spacial score (nSPS) is 24.5. The Balaban J connectivity index is 1.67. The quantitative estimate of drug-likeness (QED) is 0.751. The first-order valence-corrected chi connectivity index (χ1v) is 9.34. The first-order chi connectivity index (χ1) is 10.7. The van der Waals surface area contributed by atoms with Gasteiger partial charge >= 0.3 is 0 Å². The first kappa shape index (κ1) is 17.0. The molecule has 2 fully saturated rings. The van der Waals surface area contributed by atoms with Crippen molar-refractivity contribution in [2.24, 2.45) is 5.92 Å². The summed E-state index contributed by atoms with van der Waals surface area (Å²) in [5, 5.41) is 0. The molecule has 1 heterocycles. The van der Waals surface area contributed by atoms with Gasteiger partial charge in [-0.1, -0.05) is 12.1 Å². The molecule has 9 heteroatoms. The van der Waals surface area contributed by atoms with Gasteiger partial charge in [-0.2, -0.15) is 4.31 Å². The predicted molar refractivity (Wildman–Crippen MR) is 84.3 cm³/mol. The molecule has 126 valence electrons. The van der Waals surface area contributed by atoms with Crippen LogP contribution in [0.2, 0.25) is 0 Å². The largest absolute Gasteiger partial charge is 0.340 e. The molecule has 0 radical (unpaired) electrons. The van der Waals surface area contributed by atoms with E-state index < -0.39 is 26.1 Å². The average molecular weight is 381 g/mol. The zero-order valence-electron chi connectivity index (χ0n) is 12.1. The molecule has 0 N–H and O–H groups in total. The topological polar surface area (TPSA) is 57.7 Å². The van der Waals surface area contributed by atoms with Crippen LogP contribution in [0.15, 0.2) is 29.2 Å². The van der Waals surface area contributed by atoms with E-state index in [0.717, 1.165) is 6.07 Å². The zero-order chi connectivity index (χ0) is 16.8.